The number of hydrogen-bond acceptors (Lipinski definition) is 5. The van der Waals surface area contributed by atoms with E-state index >= 15 is 0 Å². The molecule has 0 radical (unpaired) electrons. The molecule has 0 atom stereocenters. The Labute approximate surface area is 180 Å². The summed E-state index contributed by atoms with van der Waals surface area (Å²) in [5.74, 6) is 1.76. The third kappa shape index (κ3) is 4.02. The molecule has 0 saturated heterocycles. The first-order valence-electron chi connectivity index (χ1n) is 9.75. The maximum Gasteiger partial charge on any atom is 0.255 e. The van der Waals surface area contributed by atoms with Crippen LogP contribution in [0.3, 0.4) is 0 Å². The third-order valence-corrected chi connectivity index (χ3v) is 5.02. The first-order valence-corrected chi connectivity index (χ1v) is 9.75. The lowest BCUT2D eigenvalue weighted by atomic mass is 10.1. The highest BCUT2D eigenvalue weighted by atomic mass is 16.5. The molecule has 0 fully saturated rings. The summed E-state index contributed by atoms with van der Waals surface area (Å²) in [6, 6.07) is 19.1. The van der Waals surface area contributed by atoms with Crippen LogP contribution in [0.15, 0.2) is 60.7 Å². The number of hydrogen-bond donors (Lipinski definition) is 2. The molecule has 1 amide bonds. The van der Waals surface area contributed by atoms with Crippen LogP contribution in [0.5, 0.6) is 17.2 Å². The molecule has 3 aromatic carbocycles. The average Bonchev–Trinajstić information content (AvgIpc) is 3.26. The van der Waals surface area contributed by atoms with Crippen LogP contribution in [-0.4, -0.2) is 37.2 Å². The van der Waals surface area contributed by atoms with E-state index in [1.807, 2.05) is 48.5 Å². The van der Waals surface area contributed by atoms with Gasteiger partial charge in [0.05, 0.1) is 37.9 Å². The predicted molar refractivity (Wildman–Crippen MR) is 119 cm³/mol. The fourth-order valence-corrected chi connectivity index (χ4v) is 3.43. The number of benzene rings is 3. The molecule has 7 nitrogen and oxygen atoms in total. The van der Waals surface area contributed by atoms with Gasteiger partial charge in [-0.25, -0.2) is 4.98 Å². The van der Waals surface area contributed by atoms with Gasteiger partial charge in [0.15, 0.2) is 11.5 Å². The van der Waals surface area contributed by atoms with Crippen LogP contribution in [0.25, 0.3) is 22.4 Å². The highest BCUT2D eigenvalue weighted by Gasteiger charge is 2.20. The molecule has 0 unspecified atom stereocenters. The van der Waals surface area contributed by atoms with E-state index in [9.17, 15) is 4.79 Å². The summed E-state index contributed by atoms with van der Waals surface area (Å²) in [5, 5.41) is 2.92. The molecule has 158 valence electrons. The summed E-state index contributed by atoms with van der Waals surface area (Å²) >= 11 is 0. The van der Waals surface area contributed by atoms with E-state index in [4.69, 9.17) is 14.2 Å². The van der Waals surface area contributed by atoms with Gasteiger partial charge in [-0.05, 0) is 29.8 Å². The van der Waals surface area contributed by atoms with Crippen molar-refractivity contribution < 1.29 is 19.0 Å². The van der Waals surface area contributed by atoms with E-state index in [0.29, 0.717) is 29.4 Å². The molecule has 0 spiro atoms. The van der Waals surface area contributed by atoms with Gasteiger partial charge in [0.2, 0.25) is 5.75 Å². The summed E-state index contributed by atoms with van der Waals surface area (Å²) in [6.45, 7) is 0.372. The van der Waals surface area contributed by atoms with E-state index in [1.54, 1.807) is 12.1 Å². The lowest BCUT2D eigenvalue weighted by Gasteiger charge is -2.15. The van der Waals surface area contributed by atoms with Gasteiger partial charge in [-0.15, -0.1) is 0 Å². The van der Waals surface area contributed by atoms with Crippen molar-refractivity contribution >= 4 is 16.9 Å². The van der Waals surface area contributed by atoms with Gasteiger partial charge >= 0.3 is 0 Å². The van der Waals surface area contributed by atoms with Gasteiger partial charge in [0.25, 0.3) is 5.91 Å². The SMILES string of the molecule is COc1ccc(C(=O)NCc2ccc(-c3nc4ccccc4[nH]3)cc2)c(OC)c1OC. The molecule has 0 aliphatic rings. The number of rotatable bonds is 7. The number of carbonyl (C=O) groups is 1. The normalized spacial score (nSPS) is 10.7. The maximum absolute atomic E-state index is 12.8. The van der Waals surface area contributed by atoms with Crippen molar-refractivity contribution in [2.45, 2.75) is 6.54 Å². The molecule has 0 aliphatic heterocycles. The van der Waals surface area contributed by atoms with E-state index in [0.717, 1.165) is 28.0 Å². The Morgan fingerprint density at radius 3 is 2.32 bits per heavy atom. The van der Waals surface area contributed by atoms with Crippen molar-refractivity contribution in [1.29, 1.82) is 0 Å². The van der Waals surface area contributed by atoms with Crippen LogP contribution < -0.4 is 19.5 Å². The molecular formula is C24H23N3O4. The topological polar surface area (TPSA) is 85.5 Å². The van der Waals surface area contributed by atoms with E-state index in [2.05, 4.69) is 15.3 Å². The van der Waals surface area contributed by atoms with E-state index in [-0.39, 0.29) is 5.91 Å². The minimum Gasteiger partial charge on any atom is -0.493 e. The molecule has 0 aliphatic carbocycles. The molecular weight excluding hydrogens is 394 g/mol. The number of carbonyl (C=O) groups excluding carboxylic acids is 1. The average molecular weight is 417 g/mol. The van der Waals surface area contributed by atoms with Crippen molar-refractivity contribution in [1.82, 2.24) is 15.3 Å². The third-order valence-electron chi connectivity index (χ3n) is 5.02. The van der Waals surface area contributed by atoms with Crippen molar-refractivity contribution in [3.8, 4) is 28.6 Å². The lowest BCUT2D eigenvalue weighted by molar-refractivity contribution is 0.0947. The van der Waals surface area contributed by atoms with Gasteiger partial charge in [-0.2, -0.15) is 0 Å². The van der Waals surface area contributed by atoms with Crippen molar-refractivity contribution in [3.63, 3.8) is 0 Å². The van der Waals surface area contributed by atoms with Gasteiger partial charge in [-0.1, -0.05) is 36.4 Å². The predicted octanol–water partition coefficient (Wildman–Crippen LogP) is 4.19. The Morgan fingerprint density at radius 1 is 0.903 bits per heavy atom. The number of aromatic amines is 1. The minimum atomic E-state index is -0.265. The Morgan fingerprint density at radius 2 is 1.65 bits per heavy atom. The zero-order valence-electron chi connectivity index (χ0n) is 17.6. The first-order chi connectivity index (χ1) is 15.1. The van der Waals surface area contributed by atoms with E-state index < -0.39 is 0 Å². The second kappa shape index (κ2) is 8.79. The number of imidazole rings is 1. The molecule has 31 heavy (non-hydrogen) atoms. The zero-order valence-corrected chi connectivity index (χ0v) is 17.6. The van der Waals surface area contributed by atoms with Gasteiger partial charge in [0.1, 0.15) is 5.82 Å². The van der Waals surface area contributed by atoms with Crippen molar-refractivity contribution in [2.75, 3.05) is 21.3 Å². The Kier molecular flexibility index (Phi) is 5.75. The number of nitrogens with zero attached hydrogens (tertiary/aromatic N) is 1. The second-order valence-corrected chi connectivity index (χ2v) is 6.86. The standard InChI is InChI=1S/C24H23N3O4/c1-29-20-13-12-17(21(30-2)22(20)31-3)24(28)25-14-15-8-10-16(11-9-15)23-26-18-6-4-5-7-19(18)27-23/h4-13H,14H2,1-3H3,(H,25,28)(H,26,27). The number of methoxy groups -OCH3 is 3. The number of nitrogens with one attached hydrogen (secondary N) is 2. The molecule has 0 saturated carbocycles. The summed E-state index contributed by atoms with van der Waals surface area (Å²) in [4.78, 5) is 20.7. The first kappa shape index (κ1) is 20.3. The fourth-order valence-electron chi connectivity index (χ4n) is 3.43. The summed E-state index contributed by atoms with van der Waals surface area (Å²) < 4.78 is 16.0. The zero-order chi connectivity index (χ0) is 21.8. The van der Waals surface area contributed by atoms with E-state index in [1.165, 1.54) is 21.3 Å². The fraction of sp³-hybridized carbons (Fsp3) is 0.167. The van der Waals surface area contributed by atoms with Gasteiger partial charge < -0.3 is 24.5 Å². The largest absolute Gasteiger partial charge is 0.493 e. The number of H-pyrrole nitrogens is 1. The monoisotopic (exact) mass is 417 g/mol. The van der Waals surface area contributed by atoms with Crippen LogP contribution in [0.2, 0.25) is 0 Å². The number of ether oxygens (including phenoxy) is 3. The van der Waals surface area contributed by atoms with Crippen LogP contribution in [0.4, 0.5) is 0 Å². The molecule has 1 heterocycles. The summed E-state index contributed by atoms with van der Waals surface area (Å²) in [7, 11) is 4.53. The molecule has 1 aromatic heterocycles. The maximum atomic E-state index is 12.8. The highest BCUT2D eigenvalue weighted by molar-refractivity contribution is 5.98. The molecule has 4 rings (SSSR count). The van der Waals surface area contributed by atoms with Crippen molar-refractivity contribution in [2.24, 2.45) is 0 Å². The second-order valence-electron chi connectivity index (χ2n) is 6.86. The minimum absolute atomic E-state index is 0.265. The van der Waals surface area contributed by atoms with Crippen LogP contribution in [-0.2, 0) is 6.54 Å². The molecule has 0 bridgehead atoms. The highest BCUT2D eigenvalue weighted by Crippen LogP contribution is 2.39. The van der Waals surface area contributed by atoms with Gasteiger partial charge in [0, 0.05) is 12.1 Å². The summed E-state index contributed by atoms with van der Waals surface area (Å²) in [6.07, 6.45) is 0. The van der Waals surface area contributed by atoms with Crippen LogP contribution >= 0.6 is 0 Å². The Bertz CT molecular complexity index is 1180. The summed E-state index contributed by atoms with van der Waals surface area (Å²) in [5.41, 5.74) is 4.25. The number of amides is 1. The number of fused-ring (bicyclic) bond motifs is 1. The Hall–Kier alpha value is -4.00. The Balaban J connectivity index is 1.47. The quantitative estimate of drug-likeness (QED) is 0.471. The smallest absolute Gasteiger partial charge is 0.255 e. The van der Waals surface area contributed by atoms with Crippen LogP contribution in [0.1, 0.15) is 15.9 Å². The number of aromatic nitrogens is 2. The van der Waals surface area contributed by atoms with Gasteiger partial charge in [-0.3, -0.25) is 4.79 Å². The molecule has 7 heteroatoms. The van der Waals surface area contributed by atoms with Crippen molar-refractivity contribution in [3.05, 3.63) is 71.8 Å². The lowest BCUT2D eigenvalue weighted by Crippen LogP contribution is -2.23. The van der Waals surface area contributed by atoms with Crippen LogP contribution in [0, 0.1) is 0 Å². The molecule has 2 N–H and O–H groups in total. The number of para-hydroxylation sites is 2. The molecule has 4 aromatic rings.